The molecule has 0 saturated carbocycles. The first kappa shape index (κ1) is 42.5. The molecule has 332 valence electrons. The van der Waals surface area contributed by atoms with Crippen LogP contribution in [-0.2, 0) is 27.1 Å². The molecule has 0 radical (unpaired) electrons. The van der Waals surface area contributed by atoms with Crippen molar-refractivity contribution < 1.29 is 32.3 Å². The normalized spacial score (nSPS) is 22.2. The second kappa shape index (κ2) is 17.8. The topological polar surface area (TPSA) is 161 Å². The van der Waals surface area contributed by atoms with Crippen molar-refractivity contribution in [2.45, 2.75) is 69.8 Å². The molecule has 9 rings (SSSR count). The Bertz CT molecular complexity index is 2260. The van der Waals surface area contributed by atoms with Crippen LogP contribution < -0.4 is 25.3 Å². The molecule has 4 amide bonds. The lowest BCUT2D eigenvalue weighted by atomic mass is 9.93. The van der Waals surface area contributed by atoms with Gasteiger partial charge in [-0.15, -0.1) is 0 Å². The van der Waals surface area contributed by atoms with E-state index in [9.17, 15) is 32.3 Å². The summed E-state index contributed by atoms with van der Waals surface area (Å²) in [7, 11) is 0. The molecule has 0 bridgehead atoms. The van der Waals surface area contributed by atoms with Crippen molar-refractivity contribution in [1.29, 1.82) is 5.26 Å². The largest absolute Gasteiger partial charge is 0.417 e. The smallest absolute Gasteiger partial charge is 0.371 e. The molecule has 18 heteroatoms. The predicted molar refractivity (Wildman–Crippen MR) is 228 cm³/mol. The molecule has 3 aromatic rings. The average Bonchev–Trinajstić information content (AvgIpc) is 3.60. The predicted octanol–water partition coefficient (Wildman–Crippen LogP) is 4.10. The number of hydrogen-bond donors (Lipinski definition) is 2. The van der Waals surface area contributed by atoms with E-state index in [0.29, 0.717) is 67.1 Å². The average molecular weight is 868 g/mol. The quantitative estimate of drug-likeness (QED) is 0.282. The van der Waals surface area contributed by atoms with E-state index in [1.54, 1.807) is 11.0 Å². The van der Waals surface area contributed by atoms with Crippen molar-refractivity contribution in [3.8, 4) is 6.07 Å². The van der Waals surface area contributed by atoms with Gasteiger partial charge >= 0.3 is 6.18 Å². The second-order valence-electron chi connectivity index (χ2n) is 17.7. The van der Waals surface area contributed by atoms with Crippen LogP contribution in [0.2, 0.25) is 0 Å². The summed E-state index contributed by atoms with van der Waals surface area (Å²) in [5.41, 5.74) is 1.30. The summed E-state index contributed by atoms with van der Waals surface area (Å²) < 4.78 is 40.4. The van der Waals surface area contributed by atoms with Gasteiger partial charge in [-0.2, -0.15) is 18.4 Å². The molecule has 63 heavy (non-hydrogen) atoms. The summed E-state index contributed by atoms with van der Waals surface area (Å²) in [5, 5.41) is 14.4. The standard InChI is InChI=1S/C45H52F3N11O4/c46-45(47,48)36-23-32(2-1-31(36)24-49)55-17-12-30(13-18-55)42(61)52-39-6-3-33(25-50-39)56-15-10-29(11-16-56)9-14-54-19-21-57(22-20-54)34-26-58(27-34)40-7-4-35-37(51-40)28-59(44(35)63)38-5-8-41(60)53-43(38)62/h1-4,6-7,23,25,29-30,34,38H,5,8-22,26-28H2,(H,50,52,61)(H,53,60,62). The number of amides is 4. The molecule has 5 fully saturated rings. The number of pyridine rings is 2. The number of nitriles is 1. The maximum absolute atomic E-state index is 13.5. The summed E-state index contributed by atoms with van der Waals surface area (Å²) >= 11 is 0. The van der Waals surface area contributed by atoms with Gasteiger partial charge in [-0.3, -0.25) is 29.4 Å². The summed E-state index contributed by atoms with van der Waals surface area (Å²) in [6, 6.07) is 12.8. The summed E-state index contributed by atoms with van der Waals surface area (Å²) in [6.45, 7) is 10.2. The minimum absolute atomic E-state index is 0.143. The molecule has 2 aromatic heterocycles. The zero-order valence-corrected chi connectivity index (χ0v) is 35.2. The van der Waals surface area contributed by atoms with Crippen molar-refractivity contribution in [1.82, 2.24) is 30.0 Å². The molecule has 6 aliphatic rings. The van der Waals surface area contributed by atoms with E-state index in [4.69, 9.17) is 10.2 Å². The number of benzene rings is 1. The fraction of sp³-hybridized carbons (Fsp3) is 0.533. The van der Waals surface area contributed by atoms with Crippen LogP contribution in [0.4, 0.5) is 36.2 Å². The second-order valence-corrected chi connectivity index (χ2v) is 17.7. The first-order chi connectivity index (χ1) is 30.4. The Balaban J connectivity index is 0.656. The first-order valence-electron chi connectivity index (χ1n) is 22.1. The van der Waals surface area contributed by atoms with Crippen LogP contribution >= 0.6 is 0 Å². The van der Waals surface area contributed by atoms with Gasteiger partial charge in [-0.05, 0) is 93.5 Å². The first-order valence-corrected chi connectivity index (χ1v) is 22.1. The van der Waals surface area contributed by atoms with Gasteiger partial charge < -0.3 is 29.8 Å². The molecule has 0 aliphatic carbocycles. The van der Waals surface area contributed by atoms with Gasteiger partial charge in [0.1, 0.15) is 17.7 Å². The van der Waals surface area contributed by atoms with Crippen LogP contribution in [0.1, 0.15) is 72.1 Å². The number of hydrogen-bond acceptors (Lipinski definition) is 12. The number of nitrogens with zero attached hydrogens (tertiary/aromatic N) is 9. The number of rotatable bonds is 10. The number of halogens is 3. The van der Waals surface area contributed by atoms with Gasteiger partial charge in [0.15, 0.2) is 0 Å². The van der Waals surface area contributed by atoms with Crippen LogP contribution in [0.25, 0.3) is 0 Å². The third-order valence-electron chi connectivity index (χ3n) is 14.0. The third kappa shape index (κ3) is 9.17. The molecule has 0 spiro atoms. The number of carbonyl (C=O) groups excluding carboxylic acids is 4. The fourth-order valence-corrected chi connectivity index (χ4v) is 10.0. The van der Waals surface area contributed by atoms with Gasteiger partial charge in [0.2, 0.25) is 17.7 Å². The molecule has 6 aliphatic heterocycles. The Hall–Kier alpha value is -5.80. The SMILES string of the molecule is N#Cc1ccc(N2CCC(C(=O)Nc3ccc(N4CCC(CCN5CCN(C6CN(c7ccc8c(n7)CN(C7CCC(=O)NC7=O)C8=O)C6)CC5)CC4)cn3)CC2)cc1C(F)(F)F. The number of anilines is 4. The molecule has 5 saturated heterocycles. The van der Waals surface area contributed by atoms with E-state index in [0.717, 1.165) is 89.3 Å². The highest BCUT2D eigenvalue weighted by atomic mass is 19.4. The molecular weight excluding hydrogens is 816 g/mol. The number of alkyl halides is 3. The zero-order chi connectivity index (χ0) is 43.8. The van der Waals surface area contributed by atoms with Crippen LogP contribution in [-0.4, -0.2) is 132 Å². The van der Waals surface area contributed by atoms with Crippen LogP contribution in [0.5, 0.6) is 0 Å². The van der Waals surface area contributed by atoms with Crippen molar-refractivity contribution in [3.63, 3.8) is 0 Å². The Kier molecular flexibility index (Phi) is 12.0. The van der Waals surface area contributed by atoms with Gasteiger partial charge in [0, 0.05) is 89.5 Å². The number of piperidine rings is 3. The van der Waals surface area contributed by atoms with E-state index in [1.807, 2.05) is 35.4 Å². The zero-order valence-electron chi connectivity index (χ0n) is 35.2. The Morgan fingerprint density at radius 2 is 1.57 bits per heavy atom. The van der Waals surface area contributed by atoms with Crippen molar-refractivity contribution in [3.05, 3.63) is 71.0 Å². The van der Waals surface area contributed by atoms with Crippen molar-refractivity contribution >= 4 is 46.6 Å². The van der Waals surface area contributed by atoms with E-state index < -0.39 is 29.3 Å². The van der Waals surface area contributed by atoms with Crippen LogP contribution in [0.3, 0.4) is 0 Å². The van der Waals surface area contributed by atoms with E-state index in [-0.39, 0.29) is 36.6 Å². The Morgan fingerprint density at radius 1 is 0.857 bits per heavy atom. The number of aromatic nitrogens is 2. The lowest BCUT2D eigenvalue weighted by Gasteiger charge is -2.48. The van der Waals surface area contributed by atoms with Crippen LogP contribution in [0.15, 0.2) is 48.7 Å². The highest BCUT2D eigenvalue weighted by Gasteiger charge is 2.41. The van der Waals surface area contributed by atoms with Crippen molar-refractivity contribution in [2.75, 3.05) is 92.0 Å². The Morgan fingerprint density at radius 3 is 2.25 bits per heavy atom. The maximum Gasteiger partial charge on any atom is 0.417 e. The van der Waals surface area contributed by atoms with Gasteiger partial charge in [-0.25, -0.2) is 9.97 Å². The maximum atomic E-state index is 13.5. The van der Waals surface area contributed by atoms with Gasteiger partial charge in [-0.1, -0.05) is 0 Å². The van der Waals surface area contributed by atoms with Gasteiger partial charge in [0.25, 0.3) is 5.91 Å². The molecule has 2 N–H and O–H groups in total. The molecular formula is C45H52F3N11O4. The molecule has 1 atom stereocenters. The summed E-state index contributed by atoms with van der Waals surface area (Å²) in [6.07, 6.45) is 2.17. The third-order valence-corrected chi connectivity index (χ3v) is 14.0. The van der Waals surface area contributed by atoms with Crippen molar-refractivity contribution in [2.24, 2.45) is 11.8 Å². The molecule has 8 heterocycles. The Labute approximate surface area is 364 Å². The minimum Gasteiger partial charge on any atom is -0.371 e. The lowest BCUT2D eigenvalue weighted by molar-refractivity contribution is -0.138. The van der Waals surface area contributed by atoms with Gasteiger partial charge in [0.05, 0.1) is 46.9 Å². The number of fused-ring (bicyclic) bond motifs is 1. The molecule has 15 nitrogen and oxygen atoms in total. The summed E-state index contributed by atoms with van der Waals surface area (Å²) in [5.74, 6) is 0.672. The highest BCUT2D eigenvalue weighted by molar-refractivity contribution is 6.05. The monoisotopic (exact) mass is 867 g/mol. The fourth-order valence-electron chi connectivity index (χ4n) is 10.0. The minimum atomic E-state index is -4.62. The number of carbonyl (C=O) groups is 4. The molecule has 1 unspecified atom stereocenters. The number of piperazine rings is 1. The highest BCUT2D eigenvalue weighted by Crippen LogP contribution is 2.36. The van der Waals surface area contributed by atoms with E-state index in [2.05, 4.69) is 35.2 Å². The number of nitrogens with one attached hydrogen (secondary N) is 2. The van der Waals surface area contributed by atoms with E-state index >= 15 is 0 Å². The van der Waals surface area contributed by atoms with Crippen LogP contribution in [0, 0.1) is 23.2 Å². The lowest BCUT2D eigenvalue weighted by Crippen LogP contribution is -2.63. The summed E-state index contributed by atoms with van der Waals surface area (Å²) in [4.78, 5) is 72.7. The van der Waals surface area contributed by atoms with E-state index in [1.165, 1.54) is 18.6 Å². The molecule has 1 aromatic carbocycles. The number of imide groups is 1.